The molecule has 2 aliphatic carbocycles. The quantitative estimate of drug-likeness (QED) is 0.106. The number of hydrogen-bond acceptors (Lipinski definition) is 8. The van der Waals surface area contributed by atoms with Crippen LogP contribution in [0, 0.1) is 0 Å². The highest BCUT2D eigenvalue weighted by Gasteiger charge is 2.33. The lowest BCUT2D eigenvalue weighted by Crippen LogP contribution is -2.24. The summed E-state index contributed by atoms with van der Waals surface area (Å²) in [5, 5.41) is 5.43. The Balaban J connectivity index is 0.000000191. The van der Waals surface area contributed by atoms with Crippen molar-refractivity contribution in [3.8, 4) is 23.0 Å². The molecule has 2 aliphatic heterocycles. The molecule has 8 rings (SSSR count). The number of nitrogens with one attached hydrogen (secondary N) is 2. The molecule has 0 bridgehead atoms. The number of rotatable bonds is 16. The molecule has 2 atom stereocenters. The summed E-state index contributed by atoms with van der Waals surface area (Å²) < 4.78 is 23.5. The van der Waals surface area contributed by atoms with Gasteiger partial charge in [0.05, 0.1) is 26.4 Å². The number of hydrogen-bond donors (Lipinski definition) is 2. The molecule has 2 N–H and O–H groups in total. The molecule has 64 heavy (non-hydrogen) atoms. The smallest absolute Gasteiger partial charge is 0.239 e. The van der Waals surface area contributed by atoms with E-state index in [-0.39, 0.29) is 59.4 Å². The molecular formula is C50H58Cl2N4O8. The Hall–Kier alpha value is -5.46. The standard InChI is InChI=1S/2C25H29ClN2O4/c2*1-31-22-11-8-18(12-23(22)32-21-4-2-3-5-21)19-13-25(30)28(16-19)15-17-6-9-20(10-7-17)27-24(29)14-26/h2*6-12,19,21H,2-5,13-16H2,1H3,(H,27,29). The van der Waals surface area contributed by atoms with Crippen LogP contribution in [-0.4, -0.2) is 84.7 Å². The first kappa shape index (κ1) is 46.5. The van der Waals surface area contributed by atoms with E-state index in [1.807, 2.05) is 94.7 Å². The lowest BCUT2D eigenvalue weighted by molar-refractivity contribution is -0.129. The van der Waals surface area contributed by atoms with Gasteiger partial charge in [-0.2, -0.15) is 0 Å². The van der Waals surface area contributed by atoms with Crippen LogP contribution in [0.5, 0.6) is 23.0 Å². The van der Waals surface area contributed by atoms with Gasteiger partial charge in [0, 0.05) is 62.2 Å². The van der Waals surface area contributed by atoms with Crippen molar-refractivity contribution in [2.24, 2.45) is 0 Å². The highest BCUT2D eigenvalue weighted by Crippen LogP contribution is 2.39. The van der Waals surface area contributed by atoms with Gasteiger partial charge in [-0.1, -0.05) is 36.4 Å². The second-order valence-corrected chi connectivity index (χ2v) is 17.5. The Morgan fingerprint density at radius 2 is 0.938 bits per heavy atom. The molecule has 0 radical (unpaired) electrons. The van der Waals surface area contributed by atoms with Crippen molar-refractivity contribution in [2.75, 3.05) is 49.7 Å². The number of amides is 4. The van der Waals surface area contributed by atoms with Gasteiger partial charge in [0.1, 0.15) is 11.8 Å². The topological polar surface area (TPSA) is 136 Å². The molecule has 4 aromatic carbocycles. The molecule has 2 saturated carbocycles. The number of methoxy groups -OCH3 is 2. The summed E-state index contributed by atoms with van der Waals surface area (Å²) in [6.07, 6.45) is 10.6. The van der Waals surface area contributed by atoms with Crippen molar-refractivity contribution in [1.29, 1.82) is 0 Å². The Bertz CT molecular complexity index is 2070. The fraction of sp³-hybridized carbons (Fsp3) is 0.440. The minimum Gasteiger partial charge on any atom is -0.493 e. The van der Waals surface area contributed by atoms with E-state index in [1.54, 1.807) is 14.2 Å². The third-order valence-corrected chi connectivity index (χ3v) is 12.9. The van der Waals surface area contributed by atoms with Crippen LogP contribution in [0.4, 0.5) is 11.4 Å². The Kier molecular flexibility index (Phi) is 16.3. The van der Waals surface area contributed by atoms with Crippen molar-refractivity contribution in [3.05, 3.63) is 107 Å². The summed E-state index contributed by atoms with van der Waals surface area (Å²) >= 11 is 11.0. The van der Waals surface area contributed by atoms with Gasteiger partial charge in [-0.25, -0.2) is 0 Å². The summed E-state index contributed by atoms with van der Waals surface area (Å²) in [7, 11) is 3.31. The Morgan fingerprint density at radius 3 is 1.28 bits per heavy atom. The second-order valence-electron chi connectivity index (χ2n) is 17.0. The van der Waals surface area contributed by atoms with Crippen molar-refractivity contribution < 1.29 is 38.1 Å². The third-order valence-electron chi connectivity index (χ3n) is 12.4. The first-order chi connectivity index (χ1) is 31.1. The highest BCUT2D eigenvalue weighted by molar-refractivity contribution is 6.29. The number of benzene rings is 4. The molecule has 340 valence electrons. The normalized spacial score (nSPS) is 18.8. The van der Waals surface area contributed by atoms with Crippen LogP contribution in [0.15, 0.2) is 84.9 Å². The van der Waals surface area contributed by atoms with E-state index in [2.05, 4.69) is 10.6 Å². The maximum Gasteiger partial charge on any atom is 0.239 e. The van der Waals surface area contributed by atoms with E-state index in [0.29, 0.717) is 50.4 Å². The van der Waals surface area contributed by atoms with Crippen LogP contribution in [0.3, 0.4) is 0 Å². The predicted octanol–water partition coefficient (Wildman–Crippen LogP) is 9.42. The largest absolute Gasteiger partial charge is 0.493 e. The van der Waals surface area contributed by atoms with Gasteiger partial charge in [0.2, 0.25) is 23.6 Å². The minimum atomic E-state index is -0.243. The zero-order valence-electron chi connectivity index (χ0n) is 36.6. The second kappa shape index (κ2) is 22.4. The van der Waals surface area contributed by atoms with E-state index in [4.69, 9.17) is 42.1 Å². The van der Waals surface area contributed by atoms with Crippen molar-refractivity contribution in [3.63, 3.8) is 0 Å². The van der Waals surface area contributed by atoms with Crippen molar-refractivity contribution in [2.45, 2.75) is 101 Å². The van der Waals surface area contributed by atoms with E-state index in [0.717, 1.165) is 70.9 Å². The van der Waals surface area contributed by atoms with Gasteiger partial charge < -0.3 is 39.4 Å². The fourth-order valence-corrected chi connectivity index (χ4v) is 9.10. The molecule has 4 aromatic rings. The summed E-state index contributed by atoms with van der Waals surface area (Å²) in [6, 6.07) is 27.1. The van der Waals surface area contributed by atoms with Gasteiger partial charge in [0.15, 0.2) is 23.0 Å². The number of carbonyl (C=O) groups is 4. The van der Waals surface area contributed by atoms with Crippen LogP contribution in [0.2, 0.25) is 0 Å². The van der Waals surface area contributed by atoms with E-state index in [1.165, 1.54) is 25.7 Å². The Labute approximate surface area is 385 Å². The van der Waals surface area contributed by atoms with E-state index < -0.39 is 0 Å². The number of alkyl halides is 2. The number of likely N-dealkylation sites (tertiary alicyclic amines) is 2. The molecule has 0 aromatic heterocycles. The molecule has 2 heterocycles. The number of ether oxygens (including phenoxy) is 4. The van der Waals surface area contributed by atoms with Gasteiger partial charge in [0.25, 0.3) is 0 Å². The van der Waals surface area contributed by atoms with E-state index in [9.17, 15) is 19.2 Å². The van der Waals surface area contributed by atoms with Crippen LogP contribution in [0.1, 0.15) is 98.3 Å². The molecular weight excluding hydrogens is 855 g/mol. The summed E-state index contributed by atoms with van der Waals surface area (Å²) in [5.74, 6) is 2.92. The van der Waals surface area contributed by atoms with Crippen molar-refractivity contribution >= 4 is 58.2 Å². The van der Waals surface area contributed by atoms with Crippen LogP contribution >= 0.6 is 23.2 Å². The van der Waals surface area contributed by atoms with Crippen LogP contribution in [-0.2, 0) is 32.3 Å². The van der Waals surface area contributed by atoms with Gasteiger partial charge >= 0.3 is 0 Å². The third kappa shape index (κ3) is 12.4. The number of anilines is 2. The SMILES string of the molecule is COc1ccc(C2CC(=O)N(Cc3ccc(NC(=O)CCl)cc3)C2)cc1OC1CCCC1.COc1ccc(C2CC(=O)N(Cc3ccc(NC(=O)CCl)cc3)C2)cc1OC1CCCC1. The Morgan fingerprint density at radius 1 is 0.562 bits per heavy atom. The highest BCUT2D eigenvalue weighted by atomic mass is 35.5. The van der Waals surface area contributed by atoms with Crippen LogP contribution in [0.25, 0.3) is 0 Å². The molecule has 12 nitrogen and oxygen atoms in total. The summed E-state index contributed by atoms with van der Waals surface area (Å²) in [4.78, 5) is 52.0. The molecule has 4 amide bonds. The average Bonchev–Trinajstić information content (AvgIpc) is 4.16. The number of carbonyl (C=O) groups excluding carboxylic acids is 4. The minimum absolute atomic E-state index is 0.0792. The zero-order valence-corrected chi connectivity index (χ0v) is 38.1. The lowest BCUT2D eigenvalue weighted by atomic mass is 9.98. The zero-order chi connectivity index (χ0) is 45.0. The first-order valence-electron chi connectivity index (χ1n) is 22.3. The van der Waals surface area contributed by atoms with Crippen LogP contribution < -0.4 is 29.6 Å². The van der Waals surface area contributed by atoms with Gasteiger partial charge in [-0.05, 0) is 122 Å². The lowest BCUT2D eigenvalue weighted by Gasteiger charge is -2.19. The maximum atomic E-state index is 12.7. The molecule has 0 spiro atoms. The number of nitrogens with zero attached hydrogens (tertiary/aromatic N) is 2. The molecule has 2 saturated heterocycles. The van der Waals surface area contributed by atoms with Gasteiger partial charge in [-0.15, -0.1) is 23.2 Å². The van der Waals surface area contributed by atoms with Crippen molar-refractivity contribution in [1.82, 2.24) is 9.80 Å². The maximum absolute atomic E-state index is 12.7. The fourth-order valence-electron chi connectivity index (χ4n) is 8.96. The van der Waals surface area contributed by atoms with E-state index >= 15 is 0 Å². The molecule has 14 heteroatoms. The molecule has 4 fully saturated rings. The summed E-state index contributed by atoms with van der Waals surface area (Å²) in [5.41, 5.74) is 5.63. The molecule has 4 aliphatic rings. The summed E-state index contributed by atoms with van der Waals surface area (Å²) in [6.45, 7) is 2.42. The number of halogens is 2. The predicted molar refractivity (Wildman–Crippen MR) is 249 cm³/mol. The van der Waals surface area contributed by atoms with Gasteiger partial charge in [-0.3, -0.25) is 19.2 Å². The first-order valence-corrected chi connectivity index (χ1v) is 23.3. The average molecular weight is 914 g/mol. The monoisotopic (exact) mass is 912 g/mol. The molecule has 2 unspecified atom stereocenters.